The summed E-state index contributed by atoms with van der Waals surface area (Å²) in [6, 6.07) is 16.9. The zero-order valence-corrected chi connectivity index (χ0v) is 20.5. The van der Waals surface area contributed by atoms with E-state index in [1.807, 2.05) is 50.8 Å². The van der Waals surface area contributed by atoms with E-state index in [1.54, 1.807) is 48.5 Å². The third-order valence-corrected chi connectivity index (χ3v) is 7.69. The molecule has 189 valence electrons. The van der Waals surface area contributed by atoms with Gasteiger partial charge in [0.2, 0.25) is 0 Å². The Hall–Kier alpha value is -4.34. The summed E-state index contributed by atoms with van der Waals surface area (Å²) < 4.78 is 8.05. The lowest BCUT2D eigenvalue weighted by Crippen LogP contribution is -2.57. The summed E-state index contributed by atoms with van der Waals surface area (Å²) in [6.45, 7) is 2.01. The first kappa shape index (κ1) is 22.8. The fourth-order valence-corrected chi connectivity index (χ4v) is 6.01. The van der Waals surface area contributed by atoms with Crippen LogP contribution in [-0.4, -0.2) is 27.9 Å². The van der Waals surface area contributed by atoms with Gasteiger partial charge in [-0.1, -0.05) is 42.5 Å². The number of hydrogen-bond donors (Lipinski definition) is 0. The molecule has 2 unspecified atom stereocenters. The second-order valence-electron chi connectivity index (χ2n) is 9.82. The van der Waals surface area contributed by atoms with Crippen LogP contribution in [0.25, 0.3) is 11.4 Å². The van der Waals surface area contributed by atoms with Crippen molar-refractivity contribution in [2.45, 2.75) is 31.6 Å². The summed E-state index contributed by atoms with van der Waals surface area (Å²) in [6.07, 6.45) is 9.46. The first-order chi connectivity index (χ1) is 18.4. The van der Waals surface area contributed by atoms with Crippen molar-refractivity contribution < 1.29 is 0 Å². The second-order valence-corrected chi connectivity index (χ2v) is 9.82. The highest BCUT2D eigenvalue weighted by Crippen LogP contribution is 2.47. The molecule has 0 N–H and O–H groups in total. The predicted molar refractivity (Wildman–Crippen MR) is 140 cm³/mol. The maximum absolute atomic E-state index is 13.9. The highest BCUT2D eigenvalue weighted by molar-refractivity contribution is 5.45. The molecule has 0 saturated heterocycles. The Morgan fingerprint density at radius 3 is 1.87 bits per heavy atom. The lowest BCUT2D eigenvalue weighted by Gasteiger charge is -2.46. The van der Waals surface area contributed by atoms with E-state index in [0.717, 1.165) is 20.6 Å². The molecule has 2 aromatic heterocycles. The van der Waals surface area contributed by atoms with Gasteiger partial charge in [0.15, 0.2) is 0 Å². The normalized spacial score (nSPS) is 22.6. The molecule has 1 saturated carbocycles. The van der Waals surface area contributed by atoms with Crippen LogP contribution in [0.3, 0.4) is 0 Å². The zero-order chi connectivity index (χ0) is 26.2. The molecular formula is C28H23N6O4. The molecule has 0 amide bonds. The van der Waals surface area contributed by atoms with E-state index < -0.39 is 34.3 Å². The molecule has 3 aliphatic rings. The first-order valence-electron chi connectivity index (χ1n) is 12.3. The van der Waals surface area contributed by atoms with E-state index in [9.17, 15) is 19.2 Å². The molecule has 4 heterocycles. The van der Waals surface area contributed by atoms with E-state index >= 15 is 0 Å². The standard InChI is InChI=1S/C28H23N6O4/c1-28-18-30-25(36)31(20-12-4-2-5-13-20)26(37)33(30)23(19-10-8-9-11-19)22(28)16-17-29-24(35)32(27(38)34(28)29)21-14-6-3-7-15-21/h2-16,23H,17-18H2,1H3. The van der Waals surface area contributed by atoms with Gasteiger partial charge in [0.05, 0.1) is 30.5 Å². The largest absolute Gasteiger partial charge is 0.352 e. The van der Waals surface area contributed by atoms with Gasteiger partial charge in [0.25, 0.3) is 0 Å². The van der Waals surface area contributed by atoms with E-state index in [0.29, 0.717) is 11.4 Å². The topological polar surface area (TPSA) is 97.9 Å². The Balaban J connectivity index is 1.50. The van der Waals surface area contributed by atoms with Crippen LogP contribution in [-0.2, 0) is 18.6 Å². The molecular weight excluding hydrogens is 484 g/mol. The first-order valence-corrected chi connectivity index (χ1v) is 12.3. The molecule has 1 fully saturated rings. The third-order valence-electron chi connectivity index (χ3n) is 7.69. The Bertz CT molecular complexity index is 1830. The van der Waals surface area contributed by atoms with Crippen molar-refractivity contribution in [1.82, 2.24) is 27.9 Å². The summed E-state index contributed by atoms with van der Waals surface area (Å²) in [7, 11) is 0. The minimum absolute atomic E-state index is 0.00208. The number of hydrogen-bond acceptors (Lipinski definition) is 4. The summed E-state index contributed by atoms with van der Waals surface area (Å²) in [5.41, 5.74) is -1.31. The fraction of sp³-hybridized carbons (Fsp3) is 0.179. The molecule has 4 aromatic rings. The van der Waals surface area contributed by atoms with Gasteiger partial charge in [-0.05, 0) is 62.4 Å². The van der Waals surface area contributed by atoms with Crippen LogP contribution in [0.5, 0.6) is 0 Å². The molecule has 5 radical (unpaired) electrons. The maximum atomic E-state index is 13.9. The number of rotatable bonds is 3. The highest BCUT2D eigenvalue weighted by Gasteiger charge is 2.51. The number of aromatic nitrogens is 6. The number of fused-ring (bicyclic) bond motifs is 4. The minimum atomic E-state index is -1.09. The van der Waals surface area contributed by atoms with Crippen LogP contribution < -0.4 is 22.8 Å². The molecule has 2 aliphatic heterocycles. The number of nitrogens with zero attached hydrogens (tertiary/aromatic N) is 6. The van der Waals surface area contributed by atoms with E-state index in [4.69, 9.17) is 0 Å². The molecule has 0 bridgehead atoms. The van der Waals surface area contributed by atoms with Crippen LogP contribution in [0.15, 0.2) is 91.5 Å². The predicted octanol–water partition coefficient (Wildman–Crippen LogP) is 1.23. The lowest BCUT2D eigenvalue weighted by atomic mass is 9.78. The number of benzene rings is 2. The van der Waals surface area contributed by atoms with Crippen molar-refractivity contribution in [3.05, 3.63) is 146 Å². The summed E-state index contributed by atoms with van der Waals surface area (Å²) in [5.74, 6) is 0.814. The maximum Gasteiger partial charge on any atom is 0.352 e. The Morgan fingerprint density at radius 2 is 1.26 bits per heavy atom. The van der Waals surface area contributed by atoms with E-state index in [-0.39, 0.29) is 13.1 Å². The Labute approximate surface area is 216 Å². The third kappa shape index (κ3) is 2.94. The average molecular weight is 508 g/mol. The van der Waals surface area contributed by atoms with Crippen molar-refractivity contribution in [3.63, 3.8) is 0 Å². The minimum Gasteiger partial charge on any atom is -0.246 e. The summed E-state index contributed by atoms with van der Waals surface area (Å²) in [4.78, 5) is 55.0. The Kier molecular flexibility index (Phi) is 4.85. The van der Waals surface area contributed by atoms with Crippen molar-refractivity contribution in [3.8, 4) is 11.4 Å². The quantitative estimate of drug-likeness (QED) is 0.390. The summed E-state index contributed by atoms with van der Waals surface area (Å²) >= 11 is 0. The average Bonchev–Trinajstić information content (AvgIpc) is 3.61. The van der Waals surface area contributed by atoms with Gasteiger partial charge in [0, 0.05) is 5.92 Å². The van der Waals surface area contributed by atoms with Gasteiger partial charge in [0.1, 0.15) is 5.54 Å². The molecule has 38 heavy (non-hydrogen) atoms. The molecule has 0 spiro atoms. The van der Waals surface area contributed by atoms with Crippen LogP contribution >= 0.6 is 0 Å². The summed E-state index contributed by atoms with van der Waals surface area (Å²) in [5, 5.41) is 0. The van der Waals surface area contributed by atoms with Gasteiger partial charge >= 0.3 is 22.8 Å². The van der Waals surface area contributed by atoms with Crippen LogP contribution in [0, 0.1) is 31.6 Å². The zero-order valence-electron chi connectivity index (χ0n) is 20.5. The van der Waals surface area contributed by atoms with Crippen molar-refractivity contribution in [2.75, 3.05) is 0 Å². The van der Waals surface area contributed by atoms with Crippen LogP contribution in [0.2, 0.25) is 0 Å². The lowest BCUT2D eigenvalue weighted by molar-refractivity contribution is 0.152. The van der Waals surface area contributed by atoms with Crippen molar-refractivity contribution >= 4 is 0 Å². The molecule has 10 heteroatoms. The molecule has 2 atom stereocenters. The van der Waals surface area contributed by atoms with E-state index in [2.05, 4.69) is 0 Å². The van der Waals surface area contributed by atoms with Gasteiger partial charge < -0.3 is 0 Å². The van der Waals surface area contributed by atoms with Gasteiger partial charge in [-0.3, -0.25) is 0 Å². The van der Waals surface area contributed by atoms with Crippen molar-refractivity contribution in [2.24, 2.45) is 0 Å². The SMILES string of the molecule is CC12Cn3c(=O)n(-c4ccccc4)c(=O)n3C([C]3[CH][CH][CH][CH]3)C1=CCn1c(=O)n(-c3ccccc3)c(=O)n12. The van der Waals surface area contributed by atoms with Gasteiger partial charge in [-0.25, -0.2) is 47.0 Å². The van der Waals surface area contributed by atoms with Crippen LogP contribution in [0.4, 0.5) is 0 Å². The number of para-hydroxylation sites is 2. The van der Waals surface area contributed by atoms with Gasteiger partial charge in [-0.2, -0.15) is 0 Å². The highest BCUT2D eigenvalue weighted by atomic mass is 16.2. The molecule has 2 aromatic carbocycles. The fourth-order valence-electron chi connectivity index (χ4n) is 6.01. The molecule has 7 rings (SSSR count). The number of allylic oxidation sites excluding steroid dienone is 2. The van der Waals surface area contributed by atoms with Gasteiger partial charge in [-0.15, -0.1) is 0 Å². The monoisotopic (exact) mass is 507 g/mol. The second kappa shape index (κ2) is 8.08. The molecule has 1 aliphatic carbocycles. The smallest absolute Gasteiger partial charge is 0.246 e. The molecule has 10 nitrogen and oxygen atoms in total. The Morgan fingerprint density at radius 1 is 0.711 bits per heavy atom. The van der Waals surface area contributed by atoms with Crippen molar-refractivity contribution in [1.29, 1.82) is 0 Å². The van der Waals surface area contributed by atoms with E-state index in [1.165, 1.54) is 18.7 Å². The van der Waals surface area contributed by atoms with Crippen LogP contribution in [0.1, 0.15) is 13.0 Å².